The van der Waals surface area contributed by atoms with E-state index in [1.54, 1.807) is 18.2 Å². The van der Waals surface area contributed by atoms with Crippen LogP contribution in [0, 0.1) is 0 Å². The number of benzene rings is 8. The van der Waals surface area contributed by atoms with Crippen LogP contribution < -0.4 is 0 Å². The summed E-state index contributed by atoms with van der Waals surface area (Å²) < 4.78 is 91.6. The first-order chi connectivity index (χ1) is 30.5. The average Bonchev–Trinajstić information content (AvgIpc) is 3.90. The van der Waals surface area contributed by atoms with Crippen molar-refractivity contribution in [1.29, 1.82) is 0 Å². The number of furan rings is 2. The second kappa shape index (κ2) is 12.1. The Morgan fingerprint density at radius 3 is 1.85 bits per heavy atom. The maximum Gasteiger partial charge on any atom is 0.164 e. The van der Waals surface area contributed by atoms with Gasteiger partial charge in [-0.3, -0.25) is 0 Å². The third-order valence-electron chi connectivity index (χ3n) is 9.66. The van der Waals surface area contributed by atoms with E-state index in [1.165, 1.54) is 0 Å². The zero-order valence-corrected chi connectivity index (χ0v) is 28.2. The highest BCUT2D eigenvalue weighted by Crippen LogP contribution is 2.40. The van der Waals surface area contributed by atoms with Crippen molar-refractivity contribution in [2.75, 3.05) is 0 Å². The van der Waals surface area contributed by atoms with Crippen LogP contribution in [0.2, 0.25) is 0 Å². The van der Waals surface area contributed by atoms with Crippen molar-refractivity contribution in [3.63, 3.8) is 0 Å². The van der Waals surface area contributed by atoms with Crippen LogP contribution in [0.1, 0.15) is 12.3 Å². The number of nitrogens with zero attached hydrogens (tertiary/aromatic N) is 3. The first-order valence-corrected chi connectivity index (χ1v) is 17.3. The molecular formula is C49H29N3O2. The van der Waals surface area contributed by atoms with Crippen LogP contribution >= 0.6 is 0 Å². The molecule has 0 spiro atoms. The van der Waals surface area contributed by atoms with E-state index in [2.05, 4.69) is 12.1 Å². The first-order valence-electron chi connectivity index (χ1n) is 21.8. The van der Waals surface area contributed by atoms with Crippen molar-refractivity contribution in [2.45, 2.75) is 0 Å². The summed E-state index contributed by atoms with van der Waals surface area (Å²) in [6.45, 7) is 0. The molecule has 54 heavy (non-hydrogen) atoms. The lowest BCUT2D eigenvalue weighted by Gasteiger charge is -2.10. The number of hydrogen-bond acceptors (Lipinski definition) is 5. The summed E-state index contributed by atoms with van der Waals surface area (Å²) in [4.78, 5) is 14.8. The van der Waals surface area contributed by atoms with Gasteiger partial charge in [-0.1, -0.05) is 151 Å². The average molecular weight is 701 g/mol. The molecule has 252 valence electrons. The molecule has 0 atom stereocenters. The minimum Gasteiger partial charge on any atom is -0.455 e. The fraction of sp³-hybridized carbons (Fsp3) is 0. The van der Waals surface area contributed by atoms with Crippen molar-refractivity contribution in [3.05, 3.63) is 176 Å². The number of para-hydroxylation sites is 2. The SMILES string of the molecule is [2H]c1c([2H])c([2H])c2c(oc3c4c([2H])c([2H])c([2H])c([2H])c4c([2H])c([2H])c32)c1-c1cccc(-c2nc(-c3ccccc3)nc(-c3ccc4c(c3)oc3c(-c5ccccc5)cccc34)n2)c1. The van der Waals surface area contributed by atoms with Crippen LogP contribution in [-0.2, 0) is 0 Å². The standard InChI is InChI=1S/C49H29N3O2/c1-3-12-30(13-4-1)37-20-10-22-40-39-26-25-35(29-43(39)53-44(37)40)49-51-47(32-15-5-2-6-16-32)50-48(52-49)34-18-9-17-33(28-34)38-21-11-23-41-42-27-24-31-14-7-8-19-36(31)45(42)54-46(38)41/h1-29H/i7D,8D,11D,14D,19D,21D,23D,24D,27D. The van der Waals surface area contributed by atoms with Gasteiger partial charge in [0.2, 0.25) is 0 Å². The third-order valence-corrected chi connectivity index (χ3v) is 9.66. The zero-order valence-electron chi connectivity index (χ0n) is 37.2. The number of aromatic nitrogens is 3. The Morgan fingerprint density at radius 1 is 0.370 bits per heavy atom. The second-order valence-electron chi connectivity index (χ2n) is 12.9. The van der Waals surface area contributed by atoms with Crippen LogP contribution in [0.15, 0.2) is 185 Å². The lowest BCUT2D eigenvalue weighted by molar-refractivity contribution is 0.670. The van der Waals surface area contributed by atoms with Crippen molar-refractivity contribution in [2.24, 2.45) is 0 Å². The number of fused-ring (bicyclic) bond motifs is 8. The summed E-state index contributed by atoms with van der Waals surface area (Å²) in [5.41, 5.74) is 5.79. The Kier molecular flexibility index (Phi) is 5.06. The van der Waals surface area contributed by atoms with Crippen molar-refractivity contribution < 1.29 is 21.2 Å². The predicted octanol–water partition coefficient (Wildman–Crippen LogP) is 13.2. The van der Waals surface area contributed by atoms with Crippen LogP contribution in [0.5, 0.6) is 0 Å². The van der Waals surface area contributed by atoms with E-state index in [9.17, 15) is 0 Å². The predicted molar refractivity (Wildman–Crippen MR) is 219 cm³/mol. The quantitative estimate of drug-likeness (QED) is 0.179. The summed E-state index contributed by atoms with van der Waals surface area (Å²) in [6.07, 6.45) is 0. The van der Waals surface area contributed by atoms with Gasteiger partial charge in [-0.25, -0.2) is 15.0 Å². The molecule has 0 N–H and O–H groups in total. The van der Waals surface area contributed by atoms with E-state index in [-0.39, 0.29) is 44.3 Å². The molecule has 3 heterocycles. The van der Waals surface area contributed by atoms with Crippen molar-refractivity contribution in [1.82, 2.24) is 15.0 Å². The van der Waals surface area contributed by atoms with E-state index in [0.717, 1.165) is 33.0 Å². The highest BCUT2D eigenvalue weighted by molar-refractivity contribution is 6.17. The number of hydrogen-bond donors (Lipinski definition) is 0. The molecule has 0 aliphatic rings. The molecule has 11 aromatic rings. The minimum absolute atomic E-state index is 0.00936. The lowest BCUT2D eigenvalue weighted by atomic mass is 9.99. The van der Waals surface area contributed by atoms with Gasteiger partial charge in [0.25, 0.3) is 0 Å². The Balaban J connectivity index is 1.11. The van der Waals surface area contributed by atoms with E-state index in [0.29, 0.717) is 39.7 Å². The third kappa shape index (κ3) is 4.90. The van der Waals surface area contributed by atoms with E-state index >= 15 is 0 Å². The van der Waals surface area contributed by atoms with Gasteiger partial charge >= 0.3 is 0 Å². The molecule has 0 saturated heterocycles. The Labute approximate surface area is 322 Å². The Morgan fingerprint density at radius 2 is 1.02 bits per heavy atom. The highest BCUT2D eigenvalue weighted by atomic mass is 16.3. The molecule has 0 radical (unpaired) electrons. The van der Waals surface area contributed by atoms with Crippen LogP contribution in [-0.4, -0.2) is 15.0 Å². The summed E-state index contributed by atoms with van der Waals surface area (Å²) in [5, 5.41) is 1.56. The summed E-state index contributed by atoms with van der Waals surface area (Å²) in [5.74, 6) is 1.10. The van der Waals surface area contributed by atoms with Gasteiger partial charge in [0.05, 0.1) is 12.3 Å². The maximum absolute atomic E-state index is 9.14. The summed E-state index contributed by atoms with van der Waals surface area (Å²) >= 11 is 0. The fourth-order valence-electron chi connectivity index (χ4n) is 7.09. The molecule has 3 aromatic heterocycles. The van der Waals surface area contributed by atoms with Crippen molar-refractivity contribution >= 4 is 54.6 Å². The second-order valence-corrected chi connectivity index (χ2v) is 12.9. The van der Waals surface area contributed by atoms with Crippen LogP contribution in [0.25, 0.3) is 111 Å². The maximum atomic E-state index is 9.14. The van der Waals surface area contributed by atoms with Crippen molar-refractivity contribution in [3.8, 4) is 56.4 Å². The lowest BCUT2D eigenvalue weighted by Crippen LogP contribution is -2.00. The van der Waals surface area contributed by atoms with Gasteiger partial charge < -0.3 is 8.83 Å². The van der Waals surface area contributed by atoms with Gasteiger partial charge in [0.1, 0.15) is 22.3 Å². The minimum atomic E-state index is -0.555. The molecule has 0 unspecified atom stereocenters. The monoisotopic (exact) mass is 700 g/mol. The molecule has 5 heteroatoms. The van der Waals surface area contributed by atoms with Crippen LogP contribution in [0.3, 0.4) is 0 Å². The summed E-state index contributed by atoms with van der Waals surface area (Å²) in [7, 11) is 0. The largest absolute Gasteiger partial charge is 0.455 e. The molecule has 0 aliphatic carbocycles. The highest BCUT2D eigenvalue weighted by Gasteiger charge is 2.18. The molecule has 5 nitrogen and oxygen atoms in total. The zero-order chi connectivity index (χ0) is 43.4. The topological polar surface area (TPSA) is 65.0 Å². The molecule has 0 amide bonds. The Hall–Kier alpha value is -7.37. The van der Waals surface area contributed by atoms with E-state index in [4.69, 9.17) is 36.1 Å². The van der Waals surface area contributed by atoms with Gasteiger partial charge in [-0.2, -0.15) is 0 Å². The first kappa shape index (κ1) is 22.5. The normalized spacial score (nSPS) is 14.0. The van der Waals surface area contributed by atoms with Crippen LogP contribution in [0.4, 0.5) is 0 Å². The van der Waals surface area contributed by atoms with Gasteiger partial charge in [0, 0.05) is 54.7 Å². The Bertz CT molecular complexity index is 3740. The van der Waals surface area contributed by atoms with Gasteiger partial charge in [0.15, 0.2) is 17.5 Å². The molecule has 0 saturated carbocycles. The fourth-order valence-corrected chi connectivity index (χ4v) is 7.09. The van der Waals surface area contributed by atoms with Gasteiger partial charge in [-0.05, 0) is 40.8 Å². The molecule has 11 rings (SSSR count). The van der Waals surface area contributed by atoms with E-state index < -0.39 is 48.3 Å². The van der Waals surface area contributed by atoms with E-state index in [1.807, 2.05) is 91.0 Å². The molecule has 0 fully saturated rings. The molecule has 8 aromatic carbocycles. The molecular weight excluding hydrogens is 663 g/mol. The molecule has 0 bridgehead atoms. The summed E-state index contributed by atoms with van der Waals surface area (Å²) in [6, 6.07) is 34.4. The molecule has 0 aliphatic heterocycles. The number of rotatable bonds is 5. The van der Waals surface area contributed by atoms with Gasteiger partial charge in [-0.15, -0.1) is 0 Å². The smallest absolute Gasteiger partial charge is 0.164 e.